The fraction of sp³-hybridized carbons (Fsp3) is 1.00. The Morgan fingerprint density at radius 1 is 0.409 bits per heavy atom. The fourth-order valence-corrected chi connectivity index (χ4v) is 15.1. The average molecular weight is 391 g/mol. The van der Waals surface area contributed by atoms with Gasteiger partial charge in [-0.3, -0.25) is 0 Å². The molecule has 0 unspecified atom stereocenters. The molecule has 0 saturated carbocycles. The second-order valence-corrected chi connectivity index (χ2v) is 15.2. The van der Waals surface area contributed by atoms with Gasteiger partial charge in [0.05, 0.1) is 0 Å². The zero-order valence-electron chi connectivity index (χ0n) is 13.9. The normalized spacial score (nSPS) is 32.0. The molecular weight excluding hydrogens is 359 g/mol. The van der Waals surface area contributed by atoms with Crippen LogP contribution in [0.15, 0.2) is 0 Å². The Labute approximate surface area is 144 Å². The summed E-state index contributed by atoms with van der Waals surface area (Å²) in [5.41, 5.74) is 0. The molecule has 0 amide bonds. The molecule has 4 aliphatic rings. The van der Waals surface area contributed by atoms with Gasteiger partial charge in [0.1, 0.15) is 0 Å². The molecule has 0 spiro atoms. The van der Waals surface area contributed by atoms with E-state index in [1.54, 1.807) is 0 Å². The zero-order valence-corrected chi connectivity index (χ0v) is 16.4. The van der Waals surface area contributed by atoms with Gasteiger partial charge in [-0.25, -0.2) is 0 Å². The van der Waals surface area contributed by atoms with Crippen molar-refractivity contribution in [3.8, 4) is 0 Å². The molecule has 4 nitrogen and oxygen atoms in total. The number of hydrogen-bond donors (Lipinski definition) is 0. The molecule has 6 heteroatoms. The first kappa shape index (κ1) is 16.2. The standard InChI is InChI=1S/C16H32BrN4P/c17-22(18-9-1-2-10-18,19-11-3-4-12-19,20-13-5-6-14-20)21-15-7-8-16-21/h1-16H2. The molecular formula is C16H32BrN4P. The van der Waals surface area contributed by atoms with Crippen LogP contribution in [0, 0.1) is 0 Å². The fourth-order valence-electron chi connectivity index (χ4n) is 5.25. The van der Waals surface area contributed by atoms with Crippen LogP contribution in [0.4, 0.5) is 0 Å². The second kappa shape index (κ2) is 6.24. The van der Waals surface area contributed by atoms with E-state index in [4.69, 9.17) is 0 Å². The third-order valence-electron chi connectivity index (χ3n) is 6.28. The molecule has 0 atom stereocenters. The molecule has 4 heterocycles. The van der Waals surface area contributed by atoms with E-state index in [0.29, 0.717) is 0 Å². The van der Waals surface area contributed by atoms with Crippen LogP contribution in [0.1, 0.15) is 51.4 Å². The SMILES string of the molecule is BrP(N1CCCC1)(N1CCCC1)(N1CCCC1)N1CCCC1. The third kappa shape index (κ3) is 2.19. The van der Waals surface area contributed by atoms with E-state index in [1.807, 2.05) is 0 Å². The topological polar surface area (TPSA) is 13.0 Å². The number of halogens is 1. The number of nitrogens with zero attached hydrogens (tertiary/aromatic N) is 4. The maximum absolute atomic E-state index is 4.63. The summed E-state index contributed by atoms with van der Waals surface area (Å²) < 4.78 is 11.7. The summed E-state index contributed by atoms with van der Waals surface area (Å²) >= 11 is 4.63. The van der Waals surface area contributed by atoms with E-state index in [0.717, 1.165) is 0 Å². The van der Waals surface area contributed by atoms with Crippen molar-refractivity contribution in [1.29, 1.82) is 0 Å². The van der Waals surface area contributed by atoms with Crippen LogP contribution >= 0.6 is 21.4 Å². The van der Waals surface area contributed by atoms with Crippen LogP contribution in [0.2, 0.25) is 0 Å². The van der Waals surface area contributed by atoms with Gasteiger partial charge < -0.3 is 0 Å². The summed E-state index contributed by atoms with van der Waals surface area (Å²) in [6, 6.07) is 0. The maximum atomic E-state index is 4.63. The minimum absolute atomic E-state index is 1.30. The Balaban J connectivity index is 1.81. The van der Waals surface area contributed by atoms with E-state index in [1.165, 1.54) is 104 Å². The van der Waals surface area contributed by atoms with Gasteiger partial charge in [0, 0.05) is 0 Å². The van der Waals surface area contributed by atoms with Gasteiger partial charge in [-0.15, -0.1) is 0 Å². The minimum atomic E-state index is -2.43. The Kier molecular flexibility index (Phi) is 4.60. The summed E-state index contributed by atoms with van der Waals surface area (Å²) in [7, 11) is 0. The summed E-state index contributed by atoms with van der Waals surface area (Å²) in [5.74, 6) is -2.43. The average Bonchev–Trinajstić information content (AvgIpc) is 3.39. The summed E-state index contributed by atoms with van der Waals surface area (Å²) in [6.07, 6.45) is 11.1. The van der Waals surface area contributed by atoms with Crippen LogP contribution < -0.4 is 0 Å². The Bertz CT molecular complexity index is 321. The molecule has 22 heavy (non-hydrogen) atoms. The van der Waals surface area contributed by atoms with Crippen LogP contribution in [0.5, 0.6) is 0 Å². The van der Waals surface area contributed by atoms with Crippen molar-refractivity contribution in [3.63, 3.8) is 0 Å². The van der Waals surface area contributed by atoms with Crippen molar-refractivity contribution in [2.45, 2.75) is 51.4 Å². The number of rotatable bonds is 4. The van der Waals surface area contributed by atoms with Gasteiger partial charge in [-0.1, -0.05) is 0 Å². The Morgan fingerprint density at radius 2 is 0.591 bits per heavy atom. The van der Waals surface area contributed by atoms with Crippen LogP contribution in [0.3, 0.4) is 0 Å². The molecule has 4 rings (SSSR count). The van der Waals surface area contributed by atoms with Gasteiger partial charge in [0.2, 0.25) is 0 Å². The van der Waals surface area contributed by atoms with Crippen LogP contribution in [-0.4, -0.2) is 71.0 Å². The Morgan fingerprint density at radius 3 is 0.773 bits per heavy atom. The van der Waals surface area contributed by atoms with Gasteiger partial charge in [-0.05, 0) is 0 Å². The molecule has 0 N–H and O–H groups in total. The van der Waals surface area contributed by atoms with E-state index < -0.39 is 5.91 Å². The molecule has 0 aromatic carbocycles. The van der Waals surface area contributed by atoms with E-state index in [9.17, 15) is 0 Å². The van der Waals surface area contributed by atoms with Crippen molar-refractivity contribution in [2.24, 2.45) is 0 Å². The van der Waals surface area contributed by atoms with E-state index >= 15 is 0 Å². The van der Waals surface area contributed by atoms with Gasteiger partial charge >= 0.3 is 144 Å². The van der Waals surface area contributed by atoms with Crippen molar-refractivity contribution in [3.05, 3.63) is 0 Å². The van der Waals surface area contributed by atoms with Gasteiger partial charge in [0.15, 0.2) is 0 Å². The van der Waals surface area contributed by atoms with Crippen LogP contribution in [0.25, 0.3) is 0 Å². The van der Waals surface area contributed by atoms with Crippen molar-refractivity contribution >= 4 is 21.4 Å². The molecule has 0 aromatic rings. The van der Waals surface area contributed by atoms with Gasteiger partial charge in [-0.2, -0.15) is 0 Å². The molecule has 4 aliphatic heterocycles. The predicted octanol–water partition coefficient (Wildman–Crippen LogP) is 3.89. The monoisotopic (exact) mass is 390 g/mol. The summed E-state index contributed by atoms with van der Waals surface area (Å²) in [4.78, 5) is 0. The molecule has 0 bridgehead atoms. The van der Waals surface area contributed by atoms with E-state index in [2.05, 4.69) is 34.2 Å². The first-order valence-electron chi connectivity index (χ1n) is 9.50. The first-order chi connectivity index (χ1) is 10.7. The first-order valence-corrected chi connectivity index (χ1v) is 13.6. The van der Waals surface area contributed by atoms with Crippen molar-refractivity contribution in [2.75, 3.05) is 52.4 Å². The van der Waals surface area contributed by atoms with Gasteiger partial charge in [0.25, 0.3) is 0 Å². The molecule has 4 saturated heterocycles. The second-order valence-electron chi connectivity index (χ2n) is 7.48. The molecule has 4 fully saturated rings. The summed E-state index contributed by atoms with van der Waals surface area (Å²) in [6.45, 7) is 10.4. The predicted molar refractivity (Wildman–Crippen MR) is 99.1 cm³/mol. The third-order valence-corrected chi connectivity index (χ3v) is 17.1. The number of hydrogen-bond acceptors (Lipinski definition) is 4. The Hall–Kier alpha value is 0.750. The molecule has 0 radical (unpaired) electrons. The molecule has 0 aromatic heterocycles. The molecule has 128 valence electrons. The van der Waals surface area contributed by atoms with Crippen molar-refractivity contribution in [1.82, 2.24) is 18.7 Å². The summed E-state index contributed by atoms with van der Waals surface area (Å²) in [5, 5.41) is 0. The molecule has 0 aliphatic carbocycles. The zero-order chi connectivity index (χ0) is 15.1. The quantitative estimate of drug-likeness (QED) is 0.674. The van der Waals surface area contributed by atoms with Crippen LogP contribution in [-0.2, 0) is 0 Å². The van der Waals surface area contributed by atoms with Crippen molar-refractivity contribution < 1.29 is 0 Å². The van der Waals surface area contributed by atoms with E-state index in [-0.39, 0.29) is 0 Å².